The van der Waals surface area contributed by atoms with Crippen molar-refractivity contribution in [3.63, 3.8) is 0 Å². The van der Waals surface area contributed by atoms with Gasteiger partial charge in [-0.2, -0.15) is 0 Å². The van der Waals surface area contributed by atoms with Gasteiger partial charge in [-0.25, -0.2) is 19.3 Å². The lowest BCUT2D eigenvalue weighted by molar-refractivity contribution is 0.0650. The number of hydrogen-bond donors (Lipinski definition) is 1. The standard InChI is InChI=1S/C21H14FN7O2S/c22-11-5-6-14(23-9-11)18-27-28-19(31-18)21(30)29-8-7-13-16(25-10-24-13)17(29)20-26-12-3-1-2-4-15(12)32-20/h1-6,9-10,17H,7-8H2,(H,24,25). The van der Waals surface area contributed by atoms with Crippen LogP contribution < -0.4 is 0 Å². The lowest BCUT2D eigenvalue weighted by atomic mass is 10.0. The number of hydrogen-bond acceptors (Lipinski definition) is 8. The average Bonchev–Trinajstić information content (AvgIpc) is 3.57. The maximum absolute atomic E-state index is 13.4. The Morgan fingerprint density at radius 1 is 1.19 bits per heavy atom. The molecule has 11 heteroatoms. The van der Waals surface area contributed by atoms with Gasteiger partial charge in [-0.15, -0.1) is 21.5 Å². The van der Waals surface area contributed by atoms with Crippen LogP contribution in [0.25, 0.3) is 21.8 Å². The smallest absolute Gasteiger partial charge is 0.312 e. The zero-order valence-corrected chi connectivity index (χ0v) is 17.2. The fraction of sp³-hybridized carbons (Fsp3) is 0.143. The molecule has 0 saturated carbocycles. The number of aromatic amines is 1. The molecule has 1 N–H and O–H groups in total. The summed E-state index contributed by atoms with van der Waals surface area (Å²) in [5, 5.41) is 8.59. The topological polar surface area (TPSA) is 114 Å². The number of carbonyl (C=O) groups excluding carboxylic acids is 1. The summed E-state index contributed by atoms with van der Waals surface area (Å²) < 4.78 is 19.8. The second-order valence-corrected chi connectivity index (χ2v) is 8.27. The largest absolute Gasteiger partial charge is 0.411 e. The maximum atomic E-state index is 13.4. The van der Waals surface area contributed by atoms with E-state index >= 15 is 0 Å². The molecule has 4 aromatic heterocycles. The Hall–Kier alpha value is -3.99. The minimum Gasteiger partial charge on any atom is -0.411 e. The molecule has 1 unspecified atom stereocenters. The molecule has 5 aromatic rings. The summed E-state index contributed by atoms with van der Waals surface area (Å²) in [4.78, 5) is 31.4. The van der Waals surface area contributed by atoms with Gasteiger partial charge < -0.3 is 14.3 Å². The first kappa shape index (κ1) is 18.8. The van der Waals surface area contributed by atoms with E-state index in [2.05, 4.69) is 25.1 Å². The molecule has 32 heavy (non-hydrogen) atoms. The average molecular weight is 447 g/mol. The fourth-order valence-corrected chi connectivity index (χ4v) is 4.88. The third-order valence-electron chi connectivity index (χ3n) is 5.28. The van der Waals surface area contributed by atoms with Gasteiger partial charge >= 0.3 is 11.8 Å². The summed E-state index contributed by atoms with van der Waals surface area (Å²) in [6.45, 7) is 0.432. The highest BCUT2D eigenvalue weighted by molar-refractivity contribution is 7.18. The van der Waals surface area contributed by atoms with E-state index < -0.39 is 17.8 Å². The highest BCUT2D eigenvalue weighted by Gasteiger charge is 2.38. The van der Waals surface area contributed by atoms with Crippen molar-refractivity contribution >= 4 is 27.5 Å². The van der Waals surface area contributed by atoms with Gasteiger partial charge in [-0.05, 0) is 24.3 Å². The van der Waals surface area contributed by atoms with E-state index in [1.165, 1.54) is 23.5 Å². The quantitative estimate of drug-likeness (QED) is 0.451. The number of H-pyrrole nitrogens is 1. The second kappa shape index (κ2) is 7.31. The first-order valence-electron chi connectivity index (χ1n) is 9.81. The van der Waals surface area contributed by atoms with Crippen molar-refractivity contribution in [2.24, 2.45) is 0 Å². The van der Waals surface area contributed by atoms with Gasteiger partial charge in [0, 0.05) is 18.7 Å². The fourth-order valence-electron chi connectivity index (χ4n) is 3.79. The number of halogens is 1. The molecular weight excluding hydrogens is 433 g/mol. The van der Waals surface area contributed by atoms with Crippen LogP contribution in [0.3, 0.4) is 0 Å². The van der Waals surface area contributed by atoms with E-state index in [-0.39, 0.29) is 17.5 Å². The summed E-state index contributed by atoms with van der Waals surface area (Å²) >= 11 is 1.52. The highest BCUT2D eigenvalue weighted by atomic mass is 32.1. The Kier molecular flexibility index (Phi) is 4.28. The maximum Gasteiger partial charge on any atom is 0.312 e. The molecule has 0 spiro atoms. The molecule has 9 nitrogen and oxygen atoms in total. The molecule has 1 aliphatic heterocycles. The second-order valence-electron chi connectivity index (χ2n) is 7.21. The Morgan fingerprint density at radius 2 is 2.09 bits per heavy atom. The van der Waals surface area contributed by atoms with Crippen LogP contribution in [0, 0.1) is 5.82 Å². The van der Waals surface area contributed by atoms with Crippen molar-refractivity contribution in [3.8, 4) is 11.6 Å². The van der Waals surface area contributed by atoms with Crippen molar-refractivity contribution in [1.29, 1.82) is 0 Å². The van der Waals surface area contributed by atoms with E-state index in [0.717, 1.165) is 32.8 Å². The van der Waals surface area contributed by atoms with Crippen LogP contribution in [-0.2, 0) is 6.42 Å². The number of nitrogens with zero attached hydrogens (tertiary/aromatic N) is 6. The minimum absolute atomic E-state index is 0.0438. The summed E-state index contributed by atoms with van der Waals surface area (Å²) in [6, 6.07) is 10.00. The molecule has 1 atom stereocenters. The number of aromatic nitrogens is 6. The lowest BCUT2D eigenvalue weighted by Crippen LogP contribution is -2.41. The summed E-state index contributed by atoms with van der Waals surface area (Å²) in [5.74, 6) is -1.03. The van der Waals surface area contributed by atoms with Crippen molar-refractivity contribution in [3.05, 3.63) is 77.0 Å². The van der Waals surface area contributed by atoms with Crippen LogP contribution in [0.4, 0.5) is 4.39 Å². The molecule has 0 fully saturated rings. The zero-order valence-electron chi connectivity index (χ0n) is 16.4. The van der Waals surface area contributed by atoms with Crippen molar-refractivity contribution in [1.82, 2.24) is 35.0 Å². The minimum atomic E-state index is -0.480. The number of fused-ring (bicyclic) bond motifs is 2. The van der Waals surface area contributed by atoms with Crippen LogP contribution in [-0.4, -0.2) is 47.5 Å². The molecule has 0 bridgehead atoms. The van der Waals surface area contributed by atoms with Crippen LogP contribution in [0.15, 0.2) is 53.3 Å². The number of pyridine rings is 1. The highest BCUT2D eigenvalue weighted by Crippen LogP contribution is 2.38. The van der Waals surface area contributed by atoms with Crippen LogP contribution in [0.2, 0.25) is 0 Å². The van der Waals surface area contributed by atoms with E-state index in [9.17, 15) is 9.18 Å². The molecule has 6 rings (SSSR count). The predicted octanol–water partition coefficient (Wildman–Crippen LogP) is 3.39. The number of benzene rings is 1. The van der Waals surface area contributed by atoms with E-state index in [4.69, 9.17) is 9.40 Å². The molecule has 0 radical (unpaired) electrons. The summed E-state index contributed by atoms with van der Waals surface area (Å²) in [7, 11) is 0. The number of imidazole rings is 1. The first-order valence-corrected chi connectivity index (χ1v) is 10.6. The van der Waals surface area contributed by atoms with Gasteiger partial charge in [0.1, 0.15) is 22.6 Å². The summed E-state index contributed by atoms with van der Waals surface area (Å²) in [5.41, 5.74) is 2.88. The molecule has 5 heterocycles. The number of carbonyl (C=O) groups is 1. The molecule has 0 aliphatic carbocycles. The predicted molar refractivity (Wildman–Crippen MR) is 112 cm³/mol. The number of rotatable bonds is 3. The van der Waals surface area contributed by atoms with E-state index in [0.29, 0.717) is 13.0 Å². The number of nitrogens with one attached hydrogen (secondary N) is 1. The van der Waals surface area contributed by atoms with Crippen LogP contribution >= 0.6 is 11.3 Å². The Bertz CT molecular complexity index is 1410. The molecule has 1 amide bonds. The third kappa shape index (κ3) is 3.05. The van der Waals surface area contributed by atoms with Crippen molar-refractivity contribution < 1.29 is 13.6 Å². The van der Waals surface area contributed by atoms with Crippen LogP contribution in [0.1, 0.15) is 33.1 Å². The normalized spacial score (nSPS) is 15.8. The SMILES string of the molecule is O=C(c1nnc(-c2ccc(F)cn2)o1)N1CCc2[nH]cnc2C1c1nc2ccccc2s1. The molecule has 0 saturated heterocycles. The van der Waals surface area contributed by atoms with Crippen LogP contribution in [0.5, 0.6) is 0 Å². The zero-order chi connectivity index (χ0) is 21.7. The van der Waals surface area contributed by atoms with E-state index in [1.54, 1.807) is 11.2 Å². The Morgan fingerprint density at radius 3 is 2.94 bits per heavy atom. The van der Waals surface area contributed by atoms with E-state index in [1.807, 2.05) is 24.3 Å². The van der Waals surface area contributed by atoms with Gasteiger partial charge in [-0.3, -0.25) is 4.79 Å². The molecular formula is C21H14FN7O2S. The molecule has 158 valence electrons. The molecule has 1 aliphatic rings. The van der Waals surface area contributed by atoms with Gasteiger partial charge in [0.15, 0.2) is 0 Å². The summed E-state index contributed by atoms with van der Waals surface area (Å²) in [6.07, 6.45) is 3.29. The number of amides is 1. The molecule has 1 aromatic carbocycles. The Labute approximate surface area is 184 Å². The Balaban J connectivity index is 1.38. The van der Waals surface area contributed by atoms with Gasteiger partial charge in [0.25, 0.3) is 5.89 Å². The lowest BCUT2D eigenvalue weighted by Gasteiger charge is -2.32. The van der Waals surface area contributed by atoms with Crippen molar-refractivity contribution in [2.45, 2.75) is 12.5 Å². The third-order valence-corrected chi connectivity index (χ3v) is 6.37. The van der Waals surface area contributed by atoms with Gasteiger partial charge in [-0.1, -0.05) is 12.1 Å². The number of thiazole rings is 1. The number of para-hydroxylation sites is 1. The van der Waals surface area contributed by atoms with Crippen molar-refractivity contribution in [2.75, 3.05) is 6.54 Å². The first-order chi connectivity index (χ1) is 15.7. The van der Waals surface area contributed by atoms with Gasteiger partial charge in [0.2, 0.25) is 0 Å². The monoisotopic (exact) mass is 447 g/mol. The van der Waals surface area contributed by atoms with Gasteiger partial charge in [0.05, 0.1) is 28.4 Å².